The van der Waals surface area contributed by atoms with Crippen molar-refractivity contribution in [3.8, 4) is 0 Å². The third-order valence-electron chi connectivity index (χ3n) is 2.69. The molecule has 0 radical (unpaired) electrons. The molecule has 1 heterocycles. The van der Waals surface area contributed by atoms with Crippen LogP contribution in [0.2, 0.25) is 0 Å². The summed E-state index contributed by atoms with van der Waals surface area (Å²) in [5.74, 6) is 0.278. The quantitative estimate of drug-likeness (QED) is 0.616. The third kappa shape index (κ3) is 1.08. The number of hydrogen-bond acceptors (Lipinski definition) is 3. The van der Waals surface area contributed by atoms with Crippen molar-refractivity contribution in [2.24, 2.45) is 0 Å². The Morgan fingerprint density at radius 2 is 2.00 bits per heavy atom. The SMILES string of the molecule is O=S1(=O)CCCC1C1(O)CC1. The summed E-state index contributed by atoms with van der Waals surface area (Å²) < 4.78 is 22.6. The average molecular weight is 176 g/mol. The van der Waals surface area contributed by atoms with E-state index in [0.717, 1.165) is 6.42 Å². The molecular weight excluding hydrogens is 164 g/mol. The Kier molecular flexibility index (Phi) is 1.36. The van der Waals surface area contributed by atoms with Crippen molar-refractivity contribution in [3.05, 3.63) is 0 Å². The molecule has 11 heavy (non-hydrogen) atoms. The third-order valence-corrected chi connectivity index (χ3v) is 5.09. The number of sulfone groups is 1. The summed E-state index contributed by atoms with van der Waals surface area (Å²) in [6.07, 6.45) is 2.75. The summed E-state index contributed by atoms with van der Waals surface area (Å²) in [4.78, 5) is 0. The molecule has 1 saturated carbocycles. The number of aliphatic hydroxyl groups is 1. The first-order valence-electron chi connectivity index (χ1n) is 3.99. The summed E-state index contributed by atoms with van der Waals surface area (Å²) in [6.45, 7) is 0. The summed E-state index contributed by atoms with van der Waals surface area (Å²) in [5.41, 5.74) is -0.824. The van der Waals surface area contributed by atoms with Gasteiger partial charge in [-0.3, -0.25) is 0 Å². The highest BCUT2D eigenvalue weighted by atomic mass is 32.2. The molecule has 1 N–H and O–H groups in total. The molecule has 2 fully saturated rings. The zero-order valence-electron chi connectivity index (χ0n) is 6.28. The Labute approximate surface area is 66.3 Å². The standard InChI is InChI=1S/C7H12O3S/c8-7(3-4-7)6-2-1-5-11(6,9)10/h6,8H,1-5H2. The van der Waals surface area contributed by atoms with Gasteiger partial charge < -0.3 is 5.11 Å². The fourth-order valence-electron chi connectivity index (χ4n) is 1.84. The van der Waals surface area contributed by atoms with Crippen LogP contribution in [0.5, 0.6) is 0 Å². The number of rotatable bonds is 1. The van der Waals surface area contributed by atoms with E-state index in [0.29, 0.717) is 19.3 Å². The van der Waals surface area contributed by atoms with E-state index in [-0.39, 0.29) is 5.75 Å². The van der Waals surface area contributed by atoms with Gasteiger partial charge in [-0.15, -0.1) is 0 Å². The van der Waals surface area contributed by atoms with Crippen LogP contribution in [-0.2, 0) is 9.84 Å². The monoisotopic (exact) mass is 176 g/mol. The highest BCUT2D eigenvalue weighted by Gasteiger charge is 2.54. The molecule has 0 bridgehead atoms. The van der Waals surface area contributed by atoms with Crippen LogP contribution in [0.4, 0.5) is 0 Å². The van der Waals surface area contributed by atoms with Crippen LogP contribution in [0.25, 0.3) is 0 Å². The van der Waals surface area contributed by atoms with Gasteiger partial charge in [0.05, 0.1) is 16.6 Å². The van der Waals surface area contributed by atoms with Crippen LogP contribution in [0.3, 0.4) is 0 Å². The highest BCUT2D eigenvalue weighted by molar-refractivity contribution is 7.92. The van der Waals surface area contributed by atoms with E-state index < -0.39 is 20.7 Å². The van der Waals surface area contributed by atoms with Gasteiger partial charge in [0.25, 0.3) is 0 Å². The zero-order chi connectivity index (χ0) is 8.11. The molecule has 0 aromatic carbocycles. The summed E-state index contributed by atoms with van der Waals surface area (Å²) in [7, 11) is -2.93. The molecule has 1 unspecified atom stereocenters. The topological polar surface area (TPSA) is 54.4 Å². The summed E-state index contributed by atoms with van der Waals surface area (Å²) in [6, 6.07) is 0. The predicted octanol–water partition coefficient (Wildman–Crippen LogP) is 0.0885. The van der Waals surface area contributed by atoms with Crippen molar-refractivity contribution >= 4 is 9.84 Å². The normalized spacial score (nSPS) is 38.8. The van der Waals surface area contributed by atoms with Gasteiger partial charge in [-0.05, 0) is 25.7 Å². The molecule has 0 aromatic heterocycles. The Hall–Kier alpha value is -0.0900. The number of hydrogen-bond donors (Lipinski definition) is 1. The molecule has 1 aliphatic carbocycles. The highest BCUT2D eigenvalue weighted by Crippen LogP contribution is 2.45. The maximum atomic E-state index is 11.3. The molecule has 0 amide bonds. The molecule has 1 atom stereocenters. The lowest BCUT2D eigenvalue weighted by Gasteiger charge is -2.14. The molecule has 64 valence electrons. The second-order valence-electron chi connectivity index (χ2n) is 3.60. The van der Waals surface area contributed by atoms with E-state index in [1.54, 1.807) is 0 Å². The van der Waals surface area contributed by atoms with Crippen molar-refractivity contribution < 1.29 is 13.5 Å². The van der Waals surface area contributed by atoms with Crippen molar-refractivity contribution in [1.82, 2.24) is 0 Å². The maximum absolute atomic E-state index is 11.3. The fourth-order valence-corrected chi connectivity index (χ4v) is 4.13. The lowest BCUT2D eigenvalue weighted by molar-refractivity contribution is 0.143. The first-order chi connectivity index (χ1) is 5.05. The van der Waals surface area contributed by atoms with E-state index >= 15 is 0 Å². The molecule has 1 saturated heterocycles. The fraction of sp³-hybridized carbons (Fsp3) is 1.00. The summed E-state index contributed by atoms with van der Waals surface area (Å²) in [5, 5.41) is 9.15. The lowest BCUT2D eigenvalue weighted by Crippen LogP contribution is -2.32. The molecular formula is C7H12O3S. The van der Waals surface area contributed by atoms with Gasteiger partial charge in [0.1, 0.15) is 0 Å². The van der Waals surface area contributed by atoms with Crippen LogP contribution in [-0.4, -0.2) is 30.1 Å². The second-order valence-corrected chi connectivity index (χ2v) is 5.90. The first kappa shape index (κ1) is 7.55. The van der Waals surface area contributed by atoms with E-state index in [4.69, 9.17) is 0 Å². The van der Waals surface area contributed by atoms with Crippen molar-refractivity contribution in [3.63, 3.8) is 0 Å². The van der Waals surface area contributed by atoms with Crippen molar-refractivity contribution in [2.45, 2.75) is 36.5 Å². The summed E-state index contributed by atoms with van der Waals surface area (Å²) >= 11 is 0. The Balaban J connectivity index is 2.27. The molecule has 1 aliphatic heterocycles. The van der Waals surface area contributed by atoms with Gasteiger partial charge in [-0.2, -0.15) is 0 Å². The van der Waals surface area contributed by atoms with Gasteiger partial charge in [0.15, 0.2) is 9.84 Å². The van der Waals surface area contributed by atoms with E-state index in [1.165, 1.54) is 0 Å². The Bertz CT molecular complexity index is 263. The van der Waals surface area contributed by atoms with Gasteiger partial charge in [-0.1, -0.05) is 0 Å². The first-order valence-corrected chi connectivity index (χ1v) is 5.70. The van der Waals surface area contributed by atoms with Crippen LogP contribution >= 0.6 is 0 Å². The van der Waals surface area contributed by atoms with E-state index in [1.807, 2.05) is 0 Å². The zero-order valence-corrected chi connectivity index (χ0v) is 7.10. The molecule has 0 spiro atoms. The second kappa shape index (κ2) is 1.98. The minimum absolute atomic E-state index is 0.278. The van der Waals surface area contributed by atoms with Gasteiger partial charge in [0.2, 0.25) is 0 Å². The van der Waals surface area contributed by atoms with Crippen LogP contribution in [0.1, 0.15) is 25.7 Å². The van der Waals surface area contributed by atoms with Gasteiger partial charge in [-0.25, -0.2) is 8.42 Å². The van der Waals surface area contributed by atoms with Gasteiger partial charge >= 0.3 is 0 Å². The molecule has 3 nitrogen and oxygen atoms in total. The molecule has 2 rings (SSSR count). The minimum Gasteiger partial charge on any atom is -0.389 e. The Morgan fingerprint density at radius 3 is 2.36 bits per heavy atom. The van der Waals surface area contributed by atoms with Gasteiger partial charge in [0, 0.05) is 0 Å². The Morgan fingerprint density at radius 1 is 1.36 bits per heavy atom. The molecule has 2 aliphatic rings. The largest absolute Gasteiger partial charge is 0.389 e. The van der Waals surface area contributed by atoms with Crippen LogP contribution in [0, 0.1) is 0 Å². The molecule has 0 aromatic rings. The van der Waals surface area contributed by atoms with Crippen LogP contribution in [0.15, 0.2) is 0 Å². The lowest BCUT2D eigenvalue weighted by atomic mass is 10.1. The maximum Gasteiger partial charge on any atom is 0.155 e. The van der Waals surface area contributed by atoms with Crippen molar-refractivity contribution in [2.75, 3.05) is 5.75 Å². The predicted molar refractivity (Wildman–Crippen MR) is 41.0 cm³/mol. The van der Waals surface area contributed by atoms with E-state index in [2.05, 4.69) is 0 Å². The van der Waals surface area contributed by atoms with Crippen molar-refractivity contribution in [1.29, 1.82) is 0 Å². The minimum atomic E-state index is -2.93. The average Bonchev–Trinajstić information content (AvgIpc) is 2.50. The van der Waals surface area contributed by atoms with E-state index in [9.17, 15) is 13.5 Å². The smallest absolute Gasteiger partial charge is 0.155 e. The van der Waals surface area contributed by atoms with Crippen LogP contribution < -0.4 is 0 Å². The molecule has 4 heteroatoms.